The van der Waals surface area contributed by atoms with Crippen LogP contribution in [0.3, 0.4) is 0 Å². The molecule has 0 unspecified atom stereocenters. The van der Waals surface area contributed by atoms with Gasteiger partial charge in [0.1, 0.15) is 29.2 Å². The lowest BCUT2D eigenvalue weighted by atomic mass is 9.89. The van der Waals surface area contributed by atoms with E-state index in [1.165, 1.54) is 7.11 Å². The SMILES string of the molecule is COC(=O)C[C@@H]1COc2cc(O[C@@H]3CCc4c(-c5c(C)cc(OCC6(C)COC6)cc5C)cc(F)cc43)ccc21. The molecule has 6 nitrogen and oxygen atoms in total. The number of methoxy groups -OCH3 is 1. The second-order valence-electron chi connectivity index (χ2n) is 11.7. The van der Waals surface area contributed by atoms with Gasteiger partial charge in [-0.2, -0.15) is 0 Å². The van der Waals surface area contributed by atoms with E-state index in [0.717, 1.165) is 76.5 Å². The van der Waals surface area contributed by atoms with E-state index in [9.17, 15) is 4.79 Å². The van der Waals surface area contributed by atoms with Gasteiger partial charge in [0.25, 0.3) is 0 Å². The molecule has 0 radical (unpaired) electrons. The zero-order valence-electron chi connectivity index (χ0n) is 23.5. The number of benzene rings is 3. The van der Waals surface area contributed by atoms with Gasteiger partial charge >= 0.3 is 5.97 Å². The molecule has 2 aliphatic heterocycles. The van der Waals surface area contributed by atoms with E-state index < -0.39 is 0 Å². The molecule has 1 aliphatic carbocycles. The minimum atomic E-state index is -0.274. The summed E-state index contributed by atoms with van der Waals surface area (Å²) in [6, 6.07) is 13.1. The predicted octanol–water partition coefficient (Wildman–Crippen LogP) is 6.63. The fourth-order valence-electron chi connectivity index (χ4n) is 6.17. The number of esters is 1. The zero-order chi connectivity index (χ0) is 28.0. The topological polar surface area (TPSA) is 63.2 Å². The highest BCUT2D eigenvalue weighted by atomic mass is 19.1. The maximum Gasteiger partial charge on any atom is 0.306 e. The average Bonchev–Trinajstić information content (AvgIpc) is 3.49. The molecule has 1 saturated heterocycles. The van der Waals surface area contributed by atoms with Crippen LogP contribution in [0.2, 0.25) is 0 Å². The molecule has 0 amide bonds. The number of halogens is 1. The Morgan fingerprint density at radius 2 is 1.82 bits per heavy atom. The Labute approximate surface area is 234 Å². The van der Waals surface area contributed by atoms with Crippen LogP contribution in [0.1, 0.15) is 59.6 Å². The molecule has 0 aromatic heterocycles. The van der Waals surface area contributed by atoms with Gasteiger partial charge in [-0.05, 0) is 90.4 Å². The predicted molar refractivity (Wildman–Crippen MR) is 149 cm³/mol. The molecule has 2 heterocycles. The van der Waals surface area contributed by atoms with Crippen molar-refractivity contribution in [3.8, 4) is 28.4 Å². The Bertz CT molecular complexity index is 1440. The van der Waals surface area contributed by atoms with Crippen LogP contribution < -0.4 is 14.2 Å². The number of hydrogen-bond donors (Lipinski definition) is 0. The minimum Gasteiger partial charge on any atom is -0.493 e. The molecule has 0 spiro atoms. The van der Waals surface area contributed by atoms with Crippen molar-refractivity contribution >= 4 is 5.97 Å². The maximum absolute atomic E-state index is 15.1. The third-order valence-corrected chi connectivity index (χ3v) is 8.30. The van der Waals surface area contributed by atoms with Crippen molar-refractivity contribution in [2.24, 2.45) is 5.41 Å². The van der Waals surface area contributed by atoms with Crippen molar-refractivity contribution in [3.05, 3.63) is 76.1 Å². The largest absolute Gasteiger partial charge is 0.493 e. The molecule has 0 bridgehead atoms. The Morgan fingerprint density at radius 3 is 2.52 bits per heavy atom. The first-order valence-electron chi connectivity index (χ1n) is 13.9. The van der Waals surface area contributed by atoms with Gasteiger partial charge < -0.3 is 23.7 Å². The lowest BCUT2D eigenvalue weighted by molar-refractivity contribution is -0.141. The number of fused-ring (bicyclic) bond motifs is 2. The van der Waals surface area contributed by atoms with Crippen molar-refractivity contribution in [1.29, 1.82) is 0 Å². The van der Waals surface area contributed by atoms with Crippen molar-refractivity contribution in [2.75, 3.05) is 33.5 Å². The number of rotatable bonds is 8. The number of carbonyl (C=O) groups excluding carboxylic acids is 1. The van der Waals surface area contributed by atoms with Crippen LogP contribution in [-0.4, -0.2) is 39.5 Å². The van der Waals surface area contributed by atoms with Gasteiger partial charge in [-0.15, -0.1) is 0 Å². The summed E-state index contributed by atoms with van der Waals surface area (Å²) in [4.78, 5) is 11.7. The second-order valence-corrected chi connectivity index (χ2v) is 11.7. The van der Waals surface area contributed by atoms with E-state index in [4.69, 9.17) is 23.7 Å². The van der Waals surface area contributed by atoms with Crippen molar-refractivity contribution in [3.63, 3.8) is 0 Å². The normalized spacial score (nSPS) is 20.2. The molecule has 3 aliphatic rings. The van der Waals surface area contributed by atoms with Crippen molar-refractivity contribution in [2.45, 2.75) is 52.1 Å². The highest BCUT2D eigenvalue weighted by molar-refractivity contribution is 5.76. The average molecular weight is 547 g/mol. The number of hydrogen-bond acceptors (Lipinski definition) is 6. The summed E-state index contributed by atoms with van der Waals surface area (Å²) >= 11 is 0. The number of carbonyl (C=O) groups is 1. The summed E-state index contributed by atoms with van der Waals surface area (Å²) in [5, 5.41) is 0. The van der Waals surface area contributed by atoms with Crippen LogP contribution in [0.4, 0.5) is 4.39 Å². The van der Waals surface area contributed by atoms with Gasteiger partial charge in [-0.3, -0.25) is 4.79 Å². The molecule has 3 aromatic rings. The Morgan fingerprint density at radius 1 is 1.05 bits per heavy atom. The van der Waals surface area contributed by atoms with E-state index in [2.05, 4.69) is 20.8 Å². The number of aryl methyl sites for hydroxylation is 2. The van der Waals surface area contributed by atoms with Gasteiger partial charge in [-0.1, -0.05) is 13.0 Å². The molecule has 1 fully saturated rings. The monoisotopic (exact) mass is 546 g/mol. The summed E-state index contributed by atoms with van der Waals surface area (Å²) < 4.78 is 43.6. The first kappa shape index (κ1) is 26.6. The summed E-state index contributed by atoms with van der Waals surface area (Å²) in [5.41, 5.74) is 7.13. The Hall–Kier alpha value is -3.58. The second kappa shape index (κ2) is 10.4. The van der Waals surface area contributed by atoms with Gasteiger partial charge in [0, 0.05) is 23.0 Å². The molecule has 3 aromatic carbocycles. The van der Waals surface area contributed by atoms with Crippen LogP contribution >= 0.6 is 0 Å². The van der Waals surface area contributed by atoms with Crippen molar-refractivity contribution in [1.82, 2.24) is 0 Å². The molecular formula is C33H35FO6. The maximum atomic E-state index is 15.1. The molecular weight excluding hydrogens is 511 g/mol. The zero-order valence-corrected chi connectivity index (χ0v) is 23.5. The van der Waals surface area contributed by atoms with Gasteiger partial charge in [-0.25, -0.2) is 4.39 Å². The Kier molecular flexibility index (Phi) is 6.95. The summed E-state index contributed by atoms with van der Waals surface area (Å²) in [6.07, 6.45) is 1.58. The highest BCUT2D eigenvalue weighted by Crippen LogP contribution is 2.45. The molecule has 7 heteroatoms. The van der Waals surface area contributed by atoms with E-state index >= 15 is 4.39 Å². The van der Waals surface area contributed by atoms with Crippen LogP contribution in [0, 0.1) is 25.1 Å². The smallest absolute Gasteiger partial charge is 0.306 e. The first-order valence-corrected chi connectivity index (χ1v) is 13.9. The van der Waals surface area contributed by atoms with Crippen LogP contribution in [-0.2, 0) is 20.7 Å². The van der Waals surface area contributed by atoms with Crippen LogP contribution in [0.5, 0.6) is 17.2 Å². The van der Waals surface area contributed by atoms with E-state index in [0.29, 0.717) is 19.0 Å². The van der Waals surface area contributed by atoms with Crippen LogP contribution in [0.25, 0.3) is 11.1 Å². The third-order valence-electron chi connectivity index (χ3n) is 8.30. The minimum absolute atomic E-state index is 0.0288. The Balaban J connectivity index is 1.23. The van der Waals surface area contributed by atoms with Gasteiger partial charge in [0.2, 0.25) is 0 Å². The lowest BCUT2D eigenvalue weighted by Crippen LogP contribution is -2.44. The summed E-state index contributed by atoms with van der Waals surface area (Å²) in [5.74, 6) is 1.65. The fourth-order valence-corrected chi connectivity index (χ4v) is 6.17. The van der Waals surface area contributed by atoms with Crippen molar-refractivity contribution < 1.29 is 32.9 Å². The van der Waals surface area contributed by atoms with Gasteiger partial charge in [0.05, 0.1) is 40.0 Å². The number of ether oxygens (including phenoxy) is 5. The molecule has 0 N–H and O–H groups in total. The summed E-state index contributed by atoms with van der Waals surface area (Å²) in [7, 11) is 1.39. The molecule has 6 rings (SSSR count). The first-order chi connectivity index (χ1) is 19.2. The standard InChI is InChI=1S/C33H35FO6/c1-19-9-24(39-18-33(3)16-37-17-33)10-20(2)32(19)28-13-22(34)12-27-26(28)7-8-29(27)40-23-5-6-25-21(11-31(35)36-4)15-38-30(25)14-23/h5-6,9-10,12-14,21,29H,7-8,11,15-18H2,1-4H3/t21-,29-/m1/s1. The molecule has 0 saturated carbocycles. The lowest BCUT2D eigenvalue weighted by Gasteiger charge is -2.37. The molecule has 2 atom stereocenters. The van der Waals surface area contributed by atoms with Gasteiger partial charge in [0.15, 0.2) is 0 Å². The highest BCUT2D eigenvalue weighted by Gasteiger charge is 2.35. The third kappa shape index (κ3) is 5.03. The van der Waals surface area contributed by atoms with E-state index in [-0.39, 0.29) is 35.6 Å². The van der Waals surface area contributed by atoms with E-state index in [1.54, 1.807) is 12.1 Å². The van der Waals surface area contributed by atoms with Crippen LogP contribution in [0.15, 0.2) is 42.5 Å². The summed E-state index contributed by atoms with van der Waals surface area (Å²) in [6.45, 7) is 8.76. The quantitative estimate of drug-likeness (QED) is 0.296. The molecule has 40 heavy (non-hydrogen) atoms. The fraction of sp³-hybridized carbons (Fsp3) is 0.424. The van der Waals surface area contributed by atoms with E-state index in [1.807, 2.05) is 30.3 Å². The molecule has 210 valence electrons.